The summed E-state index contributed by atoms with van der Waals surface area (Å²) >= 11 is 6.07. The normalized spacial score (nSPS) is 23.7. The van der Waals surface area contributed by atoms with E-state index in [-0.39, 0.29) is 17.9 Å². The van der Waals surface area contributed by atoms with Crippen LogP contribution in [0.1, 0.15) is 19.0 Å². The summed E-state index contributed by atoms with van der Waals surface area (Å²) < 4.78 is 5.37. The molecule has 0 radical (unpaired) electrons. The van der Waals surface area contributed by atoms with Crippen LogP contribution in [0.3, 0.4) is 0 Å². The predicted octanol–water partition coefficient (Wildman–Crippen LogP) is 2.41. The molecule has 1 aliphatic rings. The molecule has 2 atom stereocenters. The molecule has 0 aliphatic carbocycles. The molecule has 0 saturated carbocycles. The van der Waals surface area contributed by atoms with Crippen molar-refractivity contribution in [2.45, 2.75) is 26.4 Å². The van der Waals surface area contributed by atoms with Crippen molar-refractivity contribution >= 4 is 23.2 Å². The van der Waals surface area contributed by atoms with Gasteiger partial charge in [-0.25, -0.2) is 0 Å². The smallest absolute Gasteiger partial charge is 0.230 e. The average molecular weight is 255 g/mol. The van der Waals surface area contributed by atoms with Gasteiger partial charge in [0.2, 0.25) is 5.91 Å². The molecule has 0 bridgehead atoms. The molecule has 1 amide bonds. The molecular formula is C12H15ClN2O2. The Morgan fingerprint density at radius 3 is 3.06 bits per heavy atom. The quantitative estimate of drug-likeness (QED) is 0.882. The van der Waals surface area contributed by atoms with Crippen LogP contribution in [0.2, 0.25) is 5.02 Å². The lowest BCUT2D eigenvalue weighted by molar-refractivity contribution is -0.121. The second-order valence-electron chi connectivity index (χ2n) is 4.22. The highest BCUT2D eigenvalue weighted by atomic mass is 35.5. The topological polar surface area (TPSA) is 51.2 Å². The fraction of sp³-hybridized carbons (Fsp3) is 0.500. The van der Waals surface area contributed by atoms with Crippen LogP contribution in [0, 0.1) is 12.8 Å². The minimum Gasteiger partial charge on any atom is -0.378 e. The number of nitrogens with zero attached hydrogens (tertiary/aromatic N) is 1. The first-order valence-electron chi connectivity index (χ1n) is 5.63. The van der Waals surface area contributed by atoms with Gasteiger partial charge in [-0.05, 0) is 26.3 Å². The van der Waals surface area contributed by atoms with E-state index in [2.05, 4.69) is 10.3 Å². The third-order valence-electron chi connectivity index (χ3n) is 3.03. The molecule has 2 rings (SSSR count). The number of amides is 1. The third-order valence-corrected chi connectivity index (χ3v) is 3.51. The number of nitrogens with one attached hydrogen (secondary N) is 1. The van der Waals surface area contributed by atoms with Gasteiger partial charge in [0.05, 0.1) is 28.4 Å². The van der Waals surface area contributed by atoms with E-state index < -0.39 is 0 Å². The monoisotopic (exact) mass is 254 g/mol. The minimum atomic E-state index is -0.0976. The van der Waals surface area contributed by atoms with Gasteiger partial charge in [0, 0.05) is 12.8 Å². The Bertz CT molecular complexity index is 437. The Balaban J connectivity index is 2.10. The zero-order valence-corrected chi connectivity index (χ0v) is 10.6. The molecule has 17 heavy (non-hydrogen) atoms. The highest BCUT2D eigenvalue weighted by Gasteiger charge is 2.31. The Morgan fingerprint density at radius 2 is 2.41 bits per heavy atom. The van der Waals surface area contributed by atoms with Gasteiger partial charge in [0.1, 0.15) is 0 Å². The predicted molar refractivity (Wildman–Crippen MR) is 66.1 cm³/mol. The van der Waals surface area contributed by atoms with Crippen molar-refractivity contribution in [3.05, 3.63) is 23.0 Å². The van der Waals surface area contributed by atoms with Gasteiger partial charge >= 0.3 is 0 Å². The van der Waals surface area contributed by atoms with E-state index >= 15 is 0 Å². The number of hydrogen-bond acceptors (Lipinski definition) is 3. The number of aromatic nitrogens is 1. The Hall–Kier alpha value is -1.13. The van der Waals surface area contributed by atoms with Crippen LogP contribution < -0.4 is 5.32 Å². The number of ether oxygens (including phenoxy) is 1. The van der Waals surface area contributed by atoms with Gasteiger partial charge in [-0.15, -0.1) is 0 Å². The van der Waals surface area contributed by atoms with E-state index in [1.165, 1.54) is 0 Å². The molecule has 1 saturated heterocycles. The Labute approximate surface area is 105 Å². The first-order valence-corrected chi connectivity index (χ1v) is 6.01. The van der Waals surface area contributed by atoms with E-state index in [9.17, 15) is 4.79 Å². The van der Waals surface area contributed by atoms with Crippen LogP contribution in [0.25, 0.3) is 0 Å². The standard InChI is InChI=1S/C12H15ClN2O2/c1-7-11(13)10(3-5-14-7)15-12(16)9-4-6-17-8(9)2/h3,5,8-9H,4,6H2,1-2H3,(H,14,15,16)/t8-,9-/m0/s1. The SMILES string of the molecule is Cc1nccc(NC(=O)[C@H]2CCO[C@H]2C)c1Cl. The van der Waals surface area contributed by atoms with Gasteiger partial charge in [-0.1, -0.05) is 11.6 Å². The summed E-state index contributed by atoms with van der Waals surface area (Å²) in [5.74, 6) is -0.137. The Kier molecular flexibility index (Phi) is 3.64. The van der Waals surface area contributed by atoms with Crippen LogP contribution in [0.5, 0.6) is 0 Å². The molecule has 0 unspecified atom stereocenters. The molecule has 1 aromatic heterocycles. The second-order valence-corrected chi connectivity index (χ2v) is 4.60. The van der Waals surface area contributed by atoms with Crippen LogP contribution in [-0.2, 0) is 9.53 Å². The number of pyridine rings is 1. The van der Waals surface area contributed by atoms with Gasteiger partial charge in [-0.2, -0.15) is 0 Å². The molecule has 1 N–H and O–H groups in total. The maximum Gasteiger partial charge on any atom is 0.230 e. The van der Waals surface area contributed by atoms with Crippen molar-refractivity contribution in [3.63, 3.8) is 0 Å². The number of hydrogen-bond donors (Lipinski definition) is 1. The van der Waals surface area contributed by atoms with Crippen molar-refractivity contribution in [1.29, 1.82) is 0 Å². The van der Waals surface area contributed by atoms with Crippen molar-refractivity contribution in [2.75, 3.05) is 11.9 Å². The fourth-order valence-corrected chi connectivity index (χ4v) is 2.11. The highest BCUT2D eigenvalue weighted by Crippen LogP contribution is 2.26. The molecular weight excluding hydrogens is 240 g/mol. The zero-order chi connectivity index (χ0) is 12.4. The minimum absolute atomic E-state index is 0.0308. The highest BCUT2D eigenvalue weighted by molar-refractivity contribution is 6.34. The molecule has 1 aromatic rings. The van der Waals surface area contributed by atoms with Crippen LogP contribution in [0.4, 0.5) is 5.69 Å². The first-order chi connectivity index (χ1) is 8.09. The van der Waals surface area contributed by atoms with Crippen LogP contribution in [-0.4, -0.2) is 23.6 Å². The van der Waals surface area contributed by atoms with Crippen molar-refractivity contribution in [3.8, 4) is 0 Å². The lowest BCUT2D eigenvalue weighted by Gasteiger charge is -2.15. The first kappa shape index (κ1) is 12.3. The van der Waals surface area contributed by atoms with Gasteiger partial charge in [0.25, 0.3) is 0 Å². The van der Waals surface area contributed by atoms with E-state index in [1.807, 2.05) is 6.92 Å². The summed E-state index contributed by atoms with van der Waals surface area (Å²) in [6, 6.07) is 1.70. The maximum atomic E-state index is 12.0. The van der Waals surface area contributed by atoms with Gasteiger partial charge in [0.15, 0.2) is 0 Å². The van der Waals surface area contributed by atoms with Crippen molar-refractivity contribution in [2.24, 2.45) is 5.92 Å². The maximum absolute atomic E-state index is 12.0. The summed E-state index contributed by atoms with van der Waals surface area (Å²) in [5.41, 5.74) is 1.32. The summed E-state index contributed by atoms with van der Waals surface area (Å²) in [7, 11) is 0. The van der Waals surface area contributed by atoms with E-state index in [0.29, 0.717) is 23.0 Å². The molecule has 0 aromatic carbocycles. The molecule has 2 heterocycles. The van der Waals surface area contributed by atoms with E-state index in [0.717, 1.165) is 6.42 Å². The summed E-state index contributed by atoms with van der Waals surface area (Å²) in [4.78, 5) is 16.1. The summed E-state index contributed by atoms with van der Waals surface area (Å²) in [6.45, 7) is 4.36. The summed E-state index contributed by atoms with van der Waals surface area (Å²) in [6.07, 6.45) is 2.36. The van der Waals surface area contributed by atoms with Gasteiger partial charge in [-0.3, -0.25) is 9.78 Å². The van der Waals surface area contributed by atoms with Gasteiger partial charge < -0.3 is 10.1 Å². The molecule has 4 nitrogen and oxygen atoms in total. The largest absolute Gasteiger partial charge is 0.378 e. The summed E-state index contributed by atoms with van der Waals surface area (Å²) in [5, 5.41) is 3.33. The second kappa shape index (κ2) is 5.02. The Morgan fingerprint density at radius 1 is 1.65 bits per heavy atom. The number of rotatable bonds is 2. The molecule has 1 aliphatic heterocycles. The van der Waals surface area contributed by atoms with E-state index in [4.69, 9.17) is 16.3 Å². The molecule has 92 valence electrons. The molecule has 5 heteroatoms. The van der Waals surface area contributed by atoms with Crippen LogP contribution >= 0.6 is 11.6 Å². The molecule has 1 fully saturated rings. The number of carbonyl (C=O) groups excluding carboxylic acids is 1. The number of aryl methyl sites for hydroxylation is 1. The van der Waals surface area contributed by atoms with Crippen molar-refractivity contribution < 1.29 is 9.53 Å². The lowest BCUT2D eigenvalue weighted by Crippen LogP contribution is -2.27. The number of anilines is 1. The molecule has 0 spiro atoms. The fourth-order valence-electron chi connectivity index (χ4n) is 1.95. The van der Waals surface area contributed by atoms with Crippen molar-refractivity contribution in [1.82, 2.24) is 4.98 Å². The third kappa shape index (κ3) is 2.58. The average Bonchev–Trinajstić information content (AvgIpc) is 2.71. The lowest BCUT2D eigenvalue weighted by atomic mass is 10.0. The zero-order valence-electron chi connectivity index (χ0n) is 9.87. The van der Waals surface area contributed by atoms with E-state index in [1.54, 1.807) is 19.2 Å². The number of halogens is 1. The van der Waals surface area contributed by atoms with Crippen LogP contribution in [0.15, 0.2) is 12.3 Å². The number of carbonyl (C=O) groups is 1.